The second-order valence-electron chi connectivity index (χ2n) is 6.27. The van der Waals surface area contributed by atoms with E-state index in [0.29, 0.717) is 25.0 Å². The largest absolute Gasteiger partial charge is 0.327 e. The Hall–Kier alpha value is -0.170. The van der Waals surface area contributed by atoms with Crippen molar-refractivity contribution < 1.29 is 8.42 Å². The predicted molar refractivity (Wildman–Crippen MR) is 77.4 cm³/mol. The summed E-state index contributed by atoms with van der Waals surface area (Å²) in [6, 6.07) is 0.860. The molecular weight excluding hydrogens is 262 g/mol. The Kier molecular flexibility index (Phi) is 4.87. The Morgan fingerprint density at radius 2 is 1.95 bits per heavy atom. The third-order valence-electron chi connectivity index (χ3n) is 4.49. The van der Waals surface area contributed by atoms with E-state index < -0.39 is 10.0 Å². The molecule has 2 fully saturated rings. The topological polar surface area (TPSA) is 66.6 Å². The molecule has 0 aromatic carbocycles. The molecule has 0 amide bonds. The highest BCUT2D eigenvalue weighted by Gasteiger charge is 2.30. The highest BCUT2D eigenvalue weighted by molar-refractivity contribution is 7.88. The Bertz CT molecular complexity index is 399. The molecule has 0 spiro atoms. The first-order valence-corrected chi connectivity index (χ1v) is 9.16. The van der Waals surface area contributed by atoms with E-state index >= 15 is 0 Å². The summed E-state index contributed by atoms with van der Waals surface area (Å²) >= 11 is 0. The zero-order valence-electron chi connectivity index (χ0n) is 12.1. The minimum Gasteiger partial charge on any atom is -0.327 e. The van der Waals surface area contributed by atoms with Crippen LogP contribution < -0.4 is 5.73 Å². The van der Waals surface area contributed by atoms with Crippen LogP contribution in [0, 0.1) is 5.92 Å². The lowest BCUT2D eigenvalue weighted by Crippen LogP contribution is -2.51. The highest BCUT2D eigenvalue weighted by atomic mass is 32.2. The maximum atomic E-state index is 11.6. The molecule has 0 bridgehead atoms. The van der Waals surface area contributed by atoms with Gasteiger partial charge >= 0.3 is 0 Å². The van der Waals surface area contributed by atoms with Crippen molar-refractivity contribution in [2.24, 2.45) is 11.7 Å². The van der Waals surface area contributed by atoms with E-state index in [2.05, 4.69) is 11.8 Å². The van der Waals surface area contributed by atoms with Crippen molar-refractivity contribution in [2.75, 3.05) is 32.4 Å². The van der Waals surface area contributed by atoms with E-state index in [9.17, 15) is 8.42 Å². The molecule has 0 aromatic rings. The van der Waals surface area contributed by atoms with Gasteiger partial charge in [-0.15, -0.1) is 0 Å². The van der Waals surface area contributed by atoms with Crippen molar-refractivity contribution in [1.29, 1.82) is 0 Å². The first-order valence-electron chi connectivity index (χ1n) is 7.31. The quantitative estimate of drug-likeness (QED) is 0.820. The molecule has 0 saturated carbocycles. The van der Waals surface area contributed by atoms with Crippen molar-refractivity contribution in [3.05, 3.63) is 0 Å². The van der Waals surface area contributed by atoms with Crippen LogP contribution in [-0.4, -0.2) is 62.1 Å². The average Bonchev–Trinajstić information content (AvgIpc) is 2.33. The van der Waals surface area contributed by atoms with Gasteiger partial charge in [0.15, 0.2) is 0 Å². The van der Waals surface area contributed by atoms with Crippen LogP contribution in [0.4, 0.5) is 0 Å². The zero-order chi connectivity index (χ0) is 14.0. The number of hydrogen-bond donors (Lipinski definition) is 1. The van der Waals surface area contributed by atoms with Gasteiger partial charge in [-0.3, -0.25) is 4.90 Å². The Balaban J connectivity index is 1.91. The van der Waals surface area contributed by atoms with Gasteiger partial charge in [0.1, 0.15) is 0 Å². The van der Waals surface area contributed by atoms with Crippen LogP contribution in [0.2, 0.25) is 0 Å². The molecule has 2 N–H and O–H groups in total. The van der Waals surface area contributed by atoms with Crippen molar-refractivity contribution in [3.63, 3.8) is 0 Å². The average molecular weight is 289 g/mol. The third kappa shape index (κ3) is 4.15. The van der Waals surface area contributed by atoms with Crippen LogP contribution >= 0.6 is 0 Å². The van der Waals surface area contributed by atoms with Crippen LogP contribution in [0.5, 0.6) is 0 Å². The molecule has 2 aliphatic heterocycles. The third-order valence-corrected chi connectivity index (χ3v) is 5.76. The lowest BCUT2D eigenvalue weighted by Gasteiger charge is -2.40. The smallest absolute Gasteiger partial charge is 0.211 e. The molecule has 2 rings (SSSR count). The lowest BCUT2D eigenvalue weighted by atomic mass is 9.94. The fourth-order valence-corrected chi connectivity index (χ4v) is 4.22. The number of hydrogen-bond acceptors (Lipinski definition) is 4. The molecule has 19 heavy (non-hydrogen) atoms. The molecular formula is C13H27N3O2S. The van der Waals surface area contributed by atoms with E-state index in [1.807, 2.05) is 0 Å². The second kappa shape index (κ2) is 6.08. The van der Waals surface area contributed by atoms with Crippen LogP contribution in [0.25, 0.3) is 0 Å². The summed E-state index contributed by atoms with van der Waals surface area (Å²) in [7, 11) is -3.03. The SMILES string of the molecule is CC1CCC(N)CN1CC1CCCN(S(C)(=O)=O)C1. The summed E-state index contributed by atoms with van der Waals surface area (Å²) in [5, 5.41) is 0. The first-order chi connectivity index (χ1) is 8.86. The normalized spacial score (nSPS) is 35.4. The Morgan fingerprint density at radius 1 is 1.21 bits per heavy atom. The van der Waals surface area contributed by atoms with E-state index in [0.717, 1.165) is 38.8 Å². The predicted octanol–water partition coefficient (Wildman–Crippen LogP) is 0.470. The molecule has 0 aromatic heterocycles. The van der Waals surface area contributed by atoms with E-state index in [1.165, 1.54) is 6.26 Å². The number of sulfonamides is 1. The van der Waals surface area contributed by atoms with Gasteiger partial charge in [-0.1, -0.05) is 0 Å². The van der Waals surface area contributed by atoms with Crippen molar-refractivity contribution in [3.8, 4) is 0 Å². The fourth-order valence-electron chi connectivity index (χ4n) is 3.27. The molecule has 3 atom stereocenters. The van der Waals surface area contributed by atoms with Gasteiger partial charge in [0, 0.05) is 38.3 Å². The van der Waals surface area contributed by atoms with Gasteiger partial charge in [-0.2, -0.15) is 0 Å². The van der Waals surface area contributed by atoms with Crippen LogP contribution in [0.3, 0.4) is 0 Å². The highest BCUT2D eigenvalue weighted by Crippen LogP contribution is 2.23. The number of piperidine rings is 2. The summed E-state index contributed by atoms with van der Waals surface area (Å²) in [5.74, 6) is 0.455. The van der Waals surface area contributed by atoms with Gasteiger partial charge < -0.3 is 5.73 Å². The minimum absolute atomic E-state index is 0.283. The Morgan fingerprint density at radius 3 is 2.63 bits per heavy atom. The zero-order valence-corrected chi connectivity index (χ0v) is 12.9. The molecule has 112 valence electrons. The monoisotopic (exact) mass is 289 g/mol. The molecule has 2 heterocycles. The number of rotatable bonds is 3. The molecule has 2 saturated heterocycles. The summed E-state index contributed by atoms with van der Waals surface area (Å²) in [4.78, 5) is 2.45. The van der Waals surface area contributed by atoms with Gasteiger partial charge in [0.2, 0.25) is 10.0 Å². The van der Waals surface area contributed by atoms with Crippen molar-refractivity contribution in [2.45, 2.75) is 44.7 Å². The summed E-state index contributed by atoms with van der Waals surface area (Å²) < 4.78 is 24.9. The maximum Gasteiger partial charge on any atom is 0.211 e. The first kappa shape index (κ1) is 15.2. The molecule has 3 unspecified atom stereocenters. The van der Waals surface area contributed by atoms with Gasteiger partial charge in [-0.05, 0) is 38.5 Å². The second-order valence-corrected chi connectivity index (χ2v) is 8.25. The summed E-state index contributed by atoms with van der Waals surface area (Å²) in [6.07, 6.45) is 5.69. The van der Waals surface area contributed by atoms with E-state index in [1.54, 1.807) is 4.31 Å². The van der Waals surface area contributed by atoms with Crippen molar-refractivity contribution in [1.82, 2.24) is 9.21 Å². The van der Waals surface area contributed by atoms with E-state index in [4.69, 9.17) is 5.73 Å². The van der Waals surface area contributed by atoms with Crippen molar-refractivity contribution >= 4 is 10.0 Å². The van der Waals surface area contributed by atoms with Gasteiger partial charge in [0.25, 0.3) is 0 Å². The summed E-state index contributed by atoms with van der Waals surface area (Å²) in [6.45, 7) is 5.56. The molecule has 0 aliphatic carbocycles. The maximum absolute atomic E-state index is 11.6. The number of nitrogens with two attached hydrogens (primary N) is 1. The molecule has 2 aliphatic rings. The molecule has 0 radical (unpaired) electrons. The summed E-state index contributed by atoms with van der Waals surface area (Å²) in [5.41, 5.74) is 6.04. The molecule has 5 nitrogen and oxygen atoms in total. The van der Waals surface area contributed by atoms with Gasteiger partial charge in [-0.25, -0.2) is 12.7 Å². The van der Waals surface area contributed by atoms with Crippen LogP contribution in [0.15, 0.2) is 0 Å². The van der Waals surface area contributed by atoms with Crippen LogP contribution in [-0.2, 0) is 10.0 Å². The molecule has 6 heteroatoms. The Labute approximate surface area is 117 Å². The van der Waals surface area contributed by atoms with Crippen LogP contribution in [0.1, 0.15) is 32.6 Å². The fraction of sp³-hybridized carbons (Fsp3) is 1.00. The minimum atomic E-state index is -3.03. The standard InChI is InChI=1S/C13H27N3O2S/c1-11-5-6-13(14)10-15(11)8-12-4-3-7-16(9-12)19(2,17)18/h11-13H,3-10,14H2,1-2H3. The number of likely N-dealkylation sites (tertiary alicyclic amines) is 1. The van der Waals surface area contributed by atoms with Gasteiger partial charge in [0.05, 0.1) is 6.26 Å². The van der Waals surface area contributed by atoms with E-state index in [-0.39, 0.29) is 6.04 Å². The lowest BCUT2D eigenvalue weighted by molar-refractivity contribution is 0.105. The number of nitrogens with zero attached hydrogens (tertiary/aromatic N) is 2.